The number of hydrogen-bond donors (Lipinski definition) is 2. The van der Waals surface area contributed by atoms with Crippen LogP contribution in [0, 0.1) is 25.7 Å². The van der Waals surface area contributed by atoms with Gasteiger partial charge in [-0.25, -0.2) is 15.0 Å². The van der Waals surface area contributed by atoms with Gasteiger partial charge in [0.15, 0.2) is 5.82 Å². The first-order valence-electron chi connectivity index (χ1n) is 14.4. The third-order valence-corrected chi connectivity index (χ3v) is 6.95. The summed E-state index contributed by atoms with van der Waals surface area (Å²) in [6.45, 7) is 16.9. The number of rotatable bonds is 16. The SMILES string of the molecule is C#C.C=C(C)/C=C\C(=C/C(C)C)Oc1ccc(Nc2ncnc3sc(C(/C=C\CCNCCCOC)=C/C)nc23)cc1C. The first kappa shape index (κ1) is 35.2. The number of nitrogens with one attached hydrogen (secondary N) is 2. The number of aryl methyl sites for hydroxylation is 1. The van der Waals surface area contributed by atoms with Crippen LogP contribution in [0.4, 0.5) is 11.5 Å². The number of ether oxygens (including phenoxy) is 2. The van der Waals surface area contributed by atoms with Crippen LogP contribution in [0.5, 0.6) is 5.75 Å². The molecule has 0 fully saturated rings. The fraction of sp³-hybridized carbons (Fsp3) is 0.343. The molecular weight excluding hydrogens is 554 g/mol. The molecule has 0 spiro atoms. The summed E-state index contributed by atoms with van der Waals surface area (Å²) in [7, 11) is 1.73. The lowest BCUT2D eigenvalue weighted by Gasteiger charge is -2.13. The summed E-state index contributed by atoms with van der Waals surface area (Å²) >= 11 is 1.57. The van der Waals surface area contributed by atoms with Crippen molar-refractivity contribution >= 4 is 38.8 Å². The molecule has 0 atom stereocenters. The van der Waals surface area contributed by atoms with Crippen molar-refractivity contribution in [1.82, 2.24) is 20.3 Å². The second kappa shape index (κ2) is 19.2. The minimum atomic E-state index is 0.357. The molecule has 0 saturated carbocycles. The molecule has 0 saturated heterocycles. The number of terminal acetylenes is 1. The van der Waals surface area contributed by atoms with E-state index in [1.165, 1.54) is 0 Å². The minimum absolute atomic E-state index is 0.357. The molecule has 7 nitrogen and oxygen atoms in total. The standard InChI is InChI=1S/C33H43N5O2S.C2H2/c1-8-26(12-9-10-17-34-18-11-19-39-7)32-38-30-31(35-22-36-33(30)41-32)37-27-14-16-29(25(6)21-27)40-28(20-24(4)5)15-13-23(2)3;1-2/h8-9,12-16,20-22,24,34H,2,10-11,17-19H2,1,3-7H3,(H,35,36,37);1-2H/b12-9-,15-13-,26-8+,28-20+;. The van der Waals surface area contributed by atoms with Gasteiger partial charge >= 0.3 is 0 Å². The van der Waals surface area contributed by atoms with Gasteiger partial charge in [0, 0.05) is 25.0 Å². The largest absolute Gasteiger partial charge is 0.457 e. The van der Waals surface area contributed by atoms with E-state index in [2.05, 4.69) is 84.2 Å². The van der Waals surface area contributed by atoms with E-state index < -0.39 is 0 Å². The topological polar surface area (TPSA) is 81.2 Å². The van der Waals surface area contributed by atoms with Crippen molar-refractivity contribution in [3.05, 3.63) is 89.5 Å². The first-order chi connectivity index (χ1) is 20.8. The number of allylic oxidation sites excluding steroid dienone is 7. The van der Waals surface area contributed by atoms with Gasteiger partial charge in [-0.15, -0.1) is 12.8 Å². The number of thiazole rings is 1. The zero-order valence-electron chi connectivity index (χ0n) is 26.3. The first-order valence-corrected chi connectivity index (χ1v) is 15.2. The predicted octanol–water partition coefficient (Wildman–Crippen LogP) is 8.41. The average Bonchev–Trinajstić information content (AvgIpc) is 3.42. The lowest BCUT2D eigenvalue weighted by atomic mass is 10.1. The molecule has 0 amide bonds. The van der Waals surface area contributed by atoms with E-state index in [1.807, 2.05) is 45.1 Å². The molecule has 0 radical (unpaired) electrons. The quantitative estimate of drug-likeness (QED) is 0.0740. The van der Waals surface area contributed by atoms with Crippen LogP contribution in [0.25, 0.3) is 15.9 Å². The Bertz CT molecular complexity index is 1460. The fourth-order valence-corrected chi connectivity index (χ4v) is 4.87. The van der Waals surface area contributed by atoms with Crippen LogP contribution >= 0.6 is 11.3 Å². The third kappa shape index (κ3) is 12.0. The van der Waals surface area contributed by atoms with Gasteiger partial charge in [-0.2, -0.15) is 0 Å². The van der Waals surface area contributed by atoms with Gasteiger partial charge in [0.05, 0.1) is 0 Å². The second-order valence-electron chi connectivity index (χ2n) is 10.1. The summed E-state index contributed by atoms with van der Waals surface area (Å²) in [6.07, 6.45) is 23.9. The van der Waals surface area contributed by atoms with Crippen LogP contribution in [0.1, 0.15) is 51.1 Å². The molecule has 3 aromatic rings. The maximum absolute atomic E-state index is 6.24. The van der Waals surface area contributed by atoms with Crippen LogP contribution in [-0.2, 0) is 4.74 Å². The summed E-state index contributed by atoms with van der Waals surface area (Å²) in [4.78, 5) is 14.7. The molecule has 0 aliphatic carbocycles. The van der Waals surface area contributed by atoms with E-state index >= 15 is 0 Å². The van der Waals surface area contributed by atoms with Crippen molar-refractivity contribution in [2.45, 2.75) is 47.5 Å². The number of anilines is 2. The molecule has 0 aliphatic rings. The molecule has 2 aromatic heterocycles. The van der Waals surface area contributed by atoms with E-state index in [1.54, 1.807) is 24.8 Å². The normalized spacial score (nSPS) is 12.2. The highest BCUT2D eigenvalue weighted by atomic mass is 32.1. The minimum Gasteiger partial charge on any atom is -0.457 e. The van der Waals surface area contributed by atoms with Crippen molar-refractivity contribution in [3.8, 4) is 18.6 Å². The van der Waals surface area contributed by atoms with Gasteiger partial charge in [-0.3, -0.25) is 0 Å². The van der Waals surface area contributed by atoms with E-state index in [4.69, 9.17) is 14.5 Å². The smallest absolute Gasteiger partial charge is 0.161 e. The van der Waals surface area contributed by atoms with Crippen LogP contribution in [0.3, 0.4) is 0 Å². The lowest BCUT2D eigenvalue weighted by Crippen LogP contribution is -2.17. The van der Waals surface area contributed by atoms with Crippen LogP contribution in [0.2, 0.25) is 0 Å². The van der Waals surface area contributed by atoms with Crippen molar-refractivity contribution in [1.29, 1.82) is 0 Å². The Morgan fingerprint density at radius 1 is 1.14 bits per heavy atom. The molecule has 228 valence electrons. The number of benzene rings is 1. The van der Waals surface area contributed by atoms with Crippen molar-refractivity contribution in [3.63, 3.8) is 0 Å². The van der Waals surface area contributed by atoms with Gasteiger partial charge < -0.3 is 20.1 Å². The highest BCUT2D eigenvalue weighted by molar-refractivity contribution is 7.19. The Morgan fingerprint density at radius 2 is 1.93 bits per heavy atom. The molecule has 0 bridgehead atoms. The lowest BCUT2D eigenvalue weighted by molar-refractivity contribution is 0.194. The number of hydrogen-bond acceptors (Lipinski definition) is 8. The monoisotopic (exact) mass is 599 g/mol. The Kier molecular flexibility index (Phi) is 15.7. The van der Waals surface area contributed by atoms with Gasteiger partial charge in [0.2, 0.25) is 0 Å². The maximum atomic E-state index is 6.24. The van der Waals surface area contributed by atoms with Crippen molar-refractivity contribution in [2.75, 3.05) is 32.1 Å². The third-order valence-electron chi connectivity index (χ3n) is 5.94. The molecule has 0 unspecified atom stereocenters. The van der Waals surface area contributed by atoms with Crippen molar-refractivity contribution < 1.29 is 9.47 Å². The average molecular weight is 600 g/mol. The highest BCUT2D eigenvalue weighted by Crippen LogP contribution is 2.32. The number of aromatic nitrogens is 3. The molecular formula is C35H45N5O2S. The van der Waals surface area contributed by atoms with E-state index in [0.29, 0.717) is 11.7 Å². The van der Waals surface area contributed by atoms with Crippen LogP contribution in [-0.4, -0.2) is 41.8 Å². The van der Waals surface area contributed by atoms with E-state index in [9.17, 15) is 0 Å². The molecule has 8 heteroatoms. The second-order valence-corrected chi connectivity index (χ2v) is 11.1. The Balaban J connectivity index is 0.00000316. The zero-order valence-corrected chi connectivity index (χ0v) is 27.1. The van der Waals surface area contributed by atoms with Crippen LogP contribution < -0.4 is 15.4 Å². The summed E-state index contributed by atoms with van der Waals surface area (Å²) < 4.78 is 11.3. The molecule has 2 heterocycles. The Hall–Kier alpha value is -4.03. The number of methoxy groups -OCH3 is 1. The summed E-state index contributed by atoms with van der Waals surface area (Å²) in [5.74, 6) is 2.63. The molecule has 0 aliphatic heterocycles. The fourth-order valence-electron chi connectivity index (χ4n) is 3.90. The zero-order chi connectivity index (χ0) is 31.6. The van der Waals surface area contributed by atoms with E-state index in [0.717, 1.165) is 81.8 Å². The van der Waals surface area contributed by atoms with Crippen molar-refractivity contribution in [2.24, 2.45) is 5.92 Å². The van der Waals surface area contributed by atoms with Gasteiger partial charge in [0.1, 0.15) is 33.2 Å². The highest BCUT2D eigenvalue weighted by Gasteiger charge is 2.13. The van der Waals surface area contributed by atoms with Gasteiger partial charge in [0.25, 0.3) is 0 Å². The Labute approximate surface area is 261 Å². The van der Waals surface area contributed by atoms with E-state index in [-0.39, 0.29) is 0 Å². The number of fused-ring (bicyclic) bond motifs is 1. The van der Waals surface area contributed by atoms with Crippen LogP contribution in [0.15, 0.2) is 78.9 Å². The molecule has 3 rings (SSSR count). The summed E-state index contributed by atoms with van der Waals surface area (Å²) in [5.41, 5.74) is 4.71. The predicted molar refractivity (Wildman–Crippen MR) is 184 cm³/mol. The van der Waals surface area contributed by atoms with Gasteiger partial charge in [-0.1, -0.05) is 61.6 Å². The summed E-state index contributed by atoms with van der Waals surface area (Å²) in [5, 5.41) is 7.78. The Morgan fingerprint density at radius 3 is 2.60 bits per heavy atom. The summed E-state index contributed by atoms with van der Waals surface area (Å²) in [6, 6.07) is 6.01. The number of nitrogens with zero attached hydrogens (tertiary/aromatic N) is 3. The van der Waals surface area contributed by atoms with Gasteiger partial charge in [-0.05, 0) is 88.5 Å². The molecule has 1 aromatic carbocycles. The molecule has 2 N–H and O–H groups in total. The molecule has 43 heavy (non-hydrogen) atoms. The maximum Gasteiger partial charge on any atom is 0.161 e.